The van der Waals surface area contributed by atoms with E-state index in [2.05, 4.69) is 0 Å². The molecule has 2 aromatic carbocycles. The van der Waals surface area contributed by atoms with Crippen molar-refractivity contribution in [1.82, 2.24) is 4.90 Å². The molecule has 1 radical (unpaired) electrons. The van der Waals surface area contributed by atoms with E-state index in [1.165, 1.54) is 38.4 Å². The quantitative estimate of drug-likeness (QED) is 0.820. The lowest BCUT2D eigenvalue weighted by molar-refractivity contribution is 0.0371. The minimum Gasteiger partial charge on any atom is -0.493 e. The molecule has 3 rings (SSSR count). The van der Waals surface area contributed by atoms with Gasteiger partial charge < -0.3 is 23.8 Å². The zero-order valence-electron chi connectivity index (χ0n) is 14.7. The Morgan fingerprint density at radius 2 is 1.69 bits per heavy atom. The van der Waals surface area contributed by atoms with Crippen molar-refractivity contribution in [3.63, 3.8) is 0 Å². The average Bonchev–Trinajstić information content (AvgIpc) is 3.16. The Morgan fingerprint density at radius 3 is 2.23 bits per heavy atom. The number of ether oxygens (including phenoxy) is 4. The van der Waals surface area contributed by atoms with Gasteiger partial charge in [0.1, 0.15) is 12.4 Å². The van der Waals surface area contributed by atoms with Crippen molar-refractivity contribution in [3.05, 3.63) is 59.9 Å². The molecule has 26 heavy (non-hydrogen) atoms. The molecule has 0 N–H and O–H groups in total. The fraction of sp³-hybridized carbons (Fsp3) is 0.263. The Balaban J connectivity index is 1.94. The third-order valence-electron chi connectivity index (χ3n) is 4.11. The first kappa shape index (κ1) is 18.0. The lowest BCUT2D eigenvalue weighted by Crippen LogP contribution is -2.31. The molecule has 0 aliphatic carbocycles. The van der Waals surface area contributed by atoms with Crippen LogP contribution in [0.25, 0.3) is 0 Å². The van der Waals surface area contributed by atoms with Gasteiger partial charge in [-0.25, -0.2) is 4.39 Å². The molecule has 2 aromatic rings. The van der Waals surface area contributed by atoms with E-state index >= 15 is 0 Å². The van der Waals surface area contributed by atoms with Crippen LogP contribution in [0.3, 0.4) is 0 Å². The predicted molar refractivity (Wildman–Crippen MR) is 91.7 cm³/mol. The maximum absolute atomic E-state index is 13.2. The summed E-state index contributed by atoms with van der Waals surface area (Å²) in [5.74, 6) is 0.562. The van der Waals surface area contributed by atoms with E-state index in [0.717, 1.165) is 0 Å². The van der Waals surface area contributed by atoms with Gasteiger partial charge in [0.2, 0.25) is 5.75 Å². The number of hydrogen-bond donors (Lipinski definition) is 0. The Hall–Kier alpha value is -2.80. The number of halogens is 1. The molecule has 1 amide bonds. The monoisotopic (exact) mass is 360 g/mol. The van der Waals surface area contributed by atoms with Crippen molar-refractivity contribution in [2.75, 3.05) is 27.9 Å². The van der Waals surface area contributed by atoms with Gasteiger partial charge in [-0.3, -0.25) is 4.79 Å². The number of nitrogens with zero attached hydrogens (tertiary/aromatic N) is 1. The number of amides is 1. The topological polar surface area (TPSA) is 57.2 Å². The van der Waals surface area contributed by atoms with Gasteiger partial charge in [-0.05, 0) is 24.3 Å². The van der Waals surface area contributed by atoms with Crippen molar-refractivity contribution in [2.45, 2.75) is 6.23 Å². The Labute approximate surface area is 151 Å². The SMILES string of the molecule is COc1cc(C(=O)N2C[CH]OC2c2ccc(F)cc2)cc(OC)c1OC. The van der Waals surface area contributed by atoms with E-state index in [1.54, 1.807) is 30.9 Å². The van der Waals surface area contributed by atoms with E-state index in [-0.39, 0.29) is 11.7 Å². The largest absolute Gasteiger partial charge is 0.493 e. The summed E-state index contributed by atoms with van der Waals surface area (Å²) in [7, 11) is 4.47. The van der Waals surface area contributed by atoms with E-state index < -0.39 is 6.23 Å². The molecule has 1 aliphatic rings. The molecule has 1 heterocycles. The first-order chi connectivity index (χ1) is 12.6. The summed E-state index contributed by atoms with van der Waals surface area (Å²) < 4.78 is 34.6. The van der Waals surface area contributed by atoms with Gasteiger partial charge in [-0.2, -0.15) is 0 Å². The molecular formula is C19H19FNO5. The maximum atomic E-state index is 13.2. The van der Waals surface area contributed by atoms with Crippen LogP contribution >= 0.6 is 0 Å². The van der Waals surface area contributed by atoms with Crippen molar-refractivity contribution in [3.8, 4) is 17.2 Å². The Kier molecular flexibility index (Phi) is 5.27. The van der Waals surface area contributed by atoms with Gasteiger partial charge in [-0.1, -0.05) is 12.1 Å². The fourth-order valence-electron chi connectivity index (χ4n) is 2.83. The summed E-state index contributed by atoms with van der Waals surface area (Å²) in [5.41, 5.74) is 1.05. The van der Waals surface area contributed by atoms with Crippen LogP contribution < -0.4 is 14.2 Å². The normalized spacial score (nSPS) is 16.5. The number of methoxy groups -OCH3 is 3. The van der Waals surface area contributed by atoms with Crippen LogP contribution in [0.2, 0.25) is 0 Å². The zero-order chi connectivity index (χ0) is 18.7. The highest BCUT2D eigenvalue weighted by Crippen LogP contribution is 2.39. The third kappa shape index (κ3) is 3.30. The minimum absolute atomic E-state index is 0.271. The Bertz CT molecular complexity index is 768. The molecule has 1 fully saturated rings. The van der Waals surface area contributed by atoms with Gasteiger partial charge in [0.05, 0.1) is 27.9 Å². The second kappa shape index (κ2) is 7.61. The van der Waals surface area contributed by atoms with Gasteiger partial charge in [0.15, 0.2) is 17.7 Å². The van der Waals surface area contributed by atoms with Crippen LogP contribution in [0, 0.1) is 12.4 Å². The van der Waals surface area contributed by atoms with Gasteiger partial charge in [-0.15, -0.1) is 0 Å². The summed E-state index contributed by atoms with van der Waals surface area (Å²) >= 11 is 0. The number of carbonyl (C=O) groups is 1. The number of carbonyl (C=O) groups excluding carboxylic acids is 1. The van der Waals surface area contributed by atoms with Crippen molar-refractivity contribution >= 4 is 5.91 Å². The maximum Gasteiger partial charge on any atom is 0.256 e. The van der Waals surface area contributed by atoms with Crippen LogP contribution in [0.1, 0.15) is 22.1 Å². The fourth-order valence-corrected chi connectivity index (χ4v) is 2.83. The average molecular weight is 360 g/mol. The molecule has 0 aromatic heterocycles. The molecule has 0 bridgehead atoms. The first-order valence-corrected chi connectivity index (χ1v) is 7.92. The van der Waals surface area contributed by atoms with Crippen LogP contribution in [-0.2, 0) is 4.74 Å². The van der Waals surface area contributed by atoms with Gasteiger partial charge in [0, 0.05) is 11.1 Å². The summed E-state index contributed by atoms with van der Waals surface area (Å²) in [6.45, 7) is 1.85. The summed E-state index contributed by atoms with van der Waals surface area (Å²) in [5, 5.41) is 0. The smallest absolute Gasteiger partial charge is 0.256 e. The van der Waals surface area contributed by atoms with Crippen LogP contribution in [0.15, 0.2) is 36.4 Å². The molecule has 1 atom stereocenters. The van der Waals surface area contributed by atoms with E-state index in [1.807, 2.05) is 0 Å². The van der Waals surface area contributed by atoms with Crippen molar-refractivity contribution in [1.29, 1.82) is 0 Å². The Morgan fingerprint density at radius 1 is 1.08 bits per heavy atom. The van der Waals surface area contributed by atoms with Crippen LogP contribution in [-0.4, -0.2) is 38.7 Å². The summed E-state index contributed by atoms with van der Waals surface area (Å²) in [4.78, 5) is 14.6. The molecule has 7 heteroatoms. The zero-order valence-corrected chi connectivity index (χ0v) is 14.7. The van der Waals surface area contributed by atoms with Crippen molar-refractivity contribution in [2.24, 2.45) is 0 Å². The highest BCUT2D eigenvalue weighted by atomic mass is 19.1. The number of benzene rings is 2. The van der Waals surface area contributed by atoms with Gasteiger partial charge >= 0.3 is 0 Å². The standard InChI is InChI=1S/C19H19FNO5/c1-23-15-10-13(11-16(24-2)17(15)25-3)18(22)21-8-9-26-19(21)12-4-6-14(20)7-5-12/h4-7,9-11,19H,8H2,1-3H3. The molecule has 0 spiro atoms. The first-order valence-electron chi connectivity index (χ1n) is 7.92. The molecule has 6 nitrogen and oxygen atoms in total. The molecular weight excluding hydrogens is 341 g/mol. The minimum atomic E-state index is -0.623. The highest BCUT2D eigenvalue weighted by Gasteiger charge is 2.33. The van der Waals surface area contributed by atoms with Crippen molar-refractivity contribution < 1.29 is 28.1 Å². The second-order valence-corrected chi connectivity index (χ2v) is 5.58. The van der Waals surface area contributed by atoms with Gasteiger partial charge in [0.25, 0.3) is 5.91 Å². The van der Waals surface area contributed by atoms with Crippen LogP contribution in [0.5, 0.6) is 17.2 Å². The summed E-state index contributed by atoms with van der Waals surface area (Å²) in [6, 6.07) is 9.02. The number of rotatable bonds is 5. The molecule has 1 saturated heterocycles. The lowest BCUT2D eigenvalue weighted by atomic mass is 10.1. The molecule has 1 unspecified atom stereocenters. The third-order valence-corrected chi connectivity index (χ3v) is 4.11. The highest BCUT2D eigenvalue weighted by molar-refractivity contribution is 5.96. The lowest BCUT2D eigenvalue weighted by Gasteiger charge is -2.24. The second-order valence-electron chi connectivity index (χ2n) is 5.58. The van der Waals surface area contributed by atoms with E-state index in [0.29, 0.717) is 34.9 Å². The summed E-state index contributed by atoms with van der Waals surface area (Å²) in [6.07, 6.45) is -0.623. The van der Waals surface area contributed by atoms with Crippen LogP contribution in [0.4, 0.5) is 4.39 Å². The predicted octanol–water partition coefficient (Wildman–Crippen LogP) is 3.18. The van der Waals surface area contributed by atoms with E-state index in [4.69, 9.17) is 18.9 Å². The number of hydrogen-bond acceptors (Lipinski definition) is 5. The molecule has 137 valence electrons. The molecule has 1 aliphatic heterocycles. The molecule has 0 saturated carbocycles. The van der Waals surface area contributed by atoms with E-state index in [9.17, 15) is 9.18 Å².